The van der Waals surface area contributed by atoms with Crippen molar-refractivity contribution in [2.45, 2.75) is 52.7 Å². The van der Waals surface area contributed by atoms with Gasteiger partial charge in [0, 0.05) is 42.6 Å². The average Bonchev–Trinajstić information content (AvgIpc) is 3.34. The SMILES string of the molecule is CCn1c(=O)c2cnc(Nc3ccc4c(c3)CNC4)nc2n1-c1cccc(C(C)(C)C)n1. The number of pyridine rings is 1. The molecular formula is C24H27N7O. The third-order valence-corrected chi connectivity index (χ3v) is 5.79. The Balaban J connectivity index is 1.62. The molecule has 0 saturated heterocycles. The standard InChI is InChI=1S/C24H27N7O/c1-5-30-22(32)18-14-26-23(27-17-10-9-15-12-25-13-16(15)11-17)29-21(18)31(30)20-8-6-7-19(28-20)24(2,3)4/h6-11,14,25H,5,12-13H2,1-4H3,(H,26,27,29). The number of nitrogens with zero attached hydrogens (tertiary/aromatic N) is 5. The van der Waals surface area contributed by atoms with Gasteiger partial charge in [-0.2, -0.15) is 4.98 Å². The van der Waals surface area contributed by atoms with Crippen molar-refractivity contribution >= 4 is 22.7 Å². The Bertz CT molecular complexity index is 1380. The lowest BCUT2D eigenvalue weighted by molar-refractivity contribution is 0.545. The molecule has 2 N–H and O–H groups in total. The van der Waals surface area contributed by atoms with E-state index in [0.29, 0.717) is 29.3 Å². The molecule has 0 fully saturated rings. The van der Waals surface area contributed by atoms with Gasteiger partial charge in [-0.15, -0.1) is 0 Å². The van der Waals surface area contributed by atoms with Crippen LogP contribution in [0, 0.1) is 0 Å². The van der Waals surface area contributed by atoms with Crippen molar-refractivity contribution in [1.29, 1.82) is 0 Å². The smallest absolute Gasteiger partial charge is 0.278 e. The van der Waals surface area contributed by atoms with E-state index in [1.165, 1.54) is 11.1 Å². The first-order valence-corrected chi connectivity index (χ1v) is 10.9. The van der Waals surface area contributed by atoms with E-state index in [0.717, 1.165) is 24.5 Å². The molecule has 0 atom stereocenters. The number of fused-ring (bicyclic) bond motifs is 2. The summed E-state index contributed by atoms with van der Waals surface area (Å²) in [6.45, 7) is 10.6. The van der Waals surface area contributed by atoms with E-state index in [9.17, 15) is 4.79 Å². The Morgan fingerprint density at radius 2 is 1.91 bits per heavy atom. The second-order valence-electron chi connectivity index (χ2n) is 9.11. The highest BCUT2D eigenvalue weighted by atomic mass is 16.1. The zero-order chi connectivity index (χ0) is 22.5. The summed E-state index contributed by atoms with van der Waals surface area (Å²) in [6, 6.07) is 12.1. The Hall–Kier alpha value is -3.52. The lowest BCUT2D eigenvalue weighted by atomic mass is 9.92. The van der Waals surface area contributed by atoms with E-state index in [-0.39, 0.29) is 11.0 Å². The molecule has 8 heteroatoms. The highest BCUT2D eigenvalue weighted by Gasteiger charge is 2.20. The predicted molar refractivity (Wildman–Crippen MR) is 126 cm³/mol. The monoisotopic (exact) mass is 429 g/mol. The number of aromatic nitrogens is 5. The van der Waals surface area contributed by atoms with E-state index in [1.54, 1.807) is 15.6 Å². The molecule has 4 heterocycles. The molecule has 5 rings (SSSR count). The van der Waals surface area contributed by atoms with E-state index in [2.05, 4.69) is 48.5 Å². The van der Waals surface area contributed by atoms with E-state index in [1.807, 2.05) is 31.2 Å². The Morgan fingerprint density at radius 3 is 2.69 bits per heavy atom. The van der Waals surface area contributed by atoms with E-state index < -0.39 is 0 Å². The van der Waals surface area contributed by atoms with Crippen molar-refractivity contribution in [3.8, 4) is 5.82 Å². The summed E-state index contributed by atoms with van der Waals surface area (Å²) in [4.78, 5) is 27.0. The van der Waals surface area contributed by atoms with Gasteiger partial charge in [-0.05, 0) is 42.3 Å². The molecule has 3 aromatic heterocycles. The van der Waals surface area contributed by atoms with Gasteiger partial charge < -0.3 is 10.6 Å². The zero-order valence-corrected chi connectivity index (χ0v) is 18.8. The average molecular weight is 430 g/mol. The van der Waals surface area contributed by atoms with Crippen molar-refractivity contribution in [2.24, 2.45) is 0 Å². The largest absolute Gasteiger partial charge is 0.324 e. The van der Waals surface area contributed by atoms with Crippen molar-refractivity contribution in [1.82, 2.24) is 29.6 Å². The summed E-state index contributed by atoms with van der Waals surface area (Å²) in [5.41, 5.74) is 4.75. The summed E-state index contributed by atoms with van der Waals surface area (Å²) in [5, 5.41) is 7.11. The molecule has 0 amide bonds. The molecule has 32 heavy (non-hydrogen) atoms. The normalized spacial score (nSPS) is 13.5. The first-order chi connectivity index (χ1) is 15.3. The molecular weight excluding hydrogens is 402 g/mol. The van der Waals surface area contributed by atoms with Crippen LogP contribution in [0.4, 0.5) is 11.6 Å². The van der Waals surface area contributed by atoms with Crippen molar-refractivity contribution < 1.29 is 0 Å². The van der Waals surface area contributed by atoms with Crippen LogP contribution >= 0.6 is 0 Å². The number of rotatable bonds is 4. The van der Waals surface area contributed by atoms with Gasteiger partial charge in [0.2, 0.25) is 5.95 Å². The molecule has 0 aliphatic carbocycles. The molecule has 0 radical (unpaired) electrons. The summed E-state index contributed by atoms with van der Waals surface area (Å²) in [7, 11) is 0. The highest BCUT2D eigenvalue weighted by molar-refractivity contribution is 5.77. The number of nitrogens with one attached hydrogen (secondary N) is 2. The molecule has 8 nitrogen and oxygen atoms in total. The van der Waals surface area contributed by atoms with Crippen LogP contribution in [0.1, 0.15) is 44.5 Å². The molecule has 1 aliphatic heterocycles. The van der Waals surface area contributed by atoms with Gasteiger partial charge in [-0.1, -0.05) is 32.9 Å². The third-order valence-electron chi connectivity index (χ3n) is 5.79. The second-order valence-corrected chi connectivity index (χ2v) is 9.11. The molecule has 1 aliphatic rings. The minimum atomic E-state index is -0.124. The summed E-state index contributed by atoms with van der Waals surface area (Å²) in [6.07, 6.45) is 1.60. The van der Waals surface area contributed by atoms with Gasteiger partial charge in [-0.25, -0.2) is 19.3 Å². The minimum Gasteiger partial charge on any atom is -0.324 e. The van der Waals surface area contributed by atoms with Crippen LogP contribution in [-0.2, 0) is 25.0 Å². The molecule has 0 spiro atoms. The van der Waals surface area contributed by atoms with E-state index in [4.69, 9.17) is 9.97 Å². The van der Waals surface area contributed by atoms with Crippen LogP contribution in [0.25, 0.3) is 16.9 Å². The quantitative estimate of drug-likeness (QED) is 0.515. The Morgan fingerprint density at radius 1 is 1.09 bits per heavy atom. The maximum atomic E-state index is 13.0. The van der Waals surface area contributed by atoms with Gasteiger partial charge in [0.05, 0.1) is 0 Å². The molecule has 0 saturated carbocycles. The fourth-order valence-corrected chi connectivity index (χ4v) is 4.07. The van der Waals surface area contributed by atoms with Crippen LogP contribution in [-0.4, -0.2) is 24.3 Å². The van der Waals surface area contributed by atoms with Gasteiger partial charge in [0.15, 0.2) is 11.5 Å². The van der Waals surface area contributed by atoms with E-state index >= 15 is 0 Å². The number of benzene rings is 1. The number of hydrogen-bond acceptors (Lipinski definition) is 6. The van der Waals surface area contributed by atoms with Crippen LogP contribution in [0.5, 0.6) is 0 Å². The van der Waals surface area contributed by atoms with Crippen LogP contribution in [0.15, 0.2) is 47.4 Å². The van der Waals surface area contributed by atoms with Gasteiger partial charge >= 0.3 is 0 Å². The second kappa shape index (κ2) is 7.56. The number of hydrogen-bond donors (Lipinski definition) is 2. The summed E-state index contributed by atoms with van der Waals surface area (Å²) >= 11 is 0. The highest BCUT2D eigenvalue weighted by Crippen LogP contribution is 2.24. The molecule has 4 aromatic rings. The van der Waals surface area contributed by atoms with Crippen molar-refractivity contribution in [2.75, 3.05) is 5.32 Å². The molecule has 0 unspecified atom stereocenters. The predicted octanol–water partition coefficient (Wildman–Crippen LogP) is 3.64. The lowest BCUT2D eigenvalue weighted by Gasteiger charge is -2.19. The molecule has 1 aromatic carbocycles. The first kappa shape index (κ1) is 20.4. The maximum absolute atomic E-state index is 13.0. The lowest BCUT2D eigenvalue weighted by Crippen LogP contribution is -2.23. The van der Waals surface area contributed by atoms with Crippen molar-refractivity contribution in [3.63, 3.8) is 0 Å². The fourth-order valence-electron chi connectivity index (χ4n) is 4.07. The van der Waals surface area contributed by atoms with Crippen molar-refractivity contribution in [3.05, 3.63) is 69.8 Å². The Labute approximate surface area is 186 Å². The number of anilines is 2. The van der Waals surface area contributed by atoms with Gasteiger partial charge in [0.1, 0.15) is 5.39 Å². The fraction of sp³-hybridized carbons (Fsp3) is 0.333. The topological polar surface area (TPSA) is 89.7 Å². The third kappa shape index (κ3) is 3.46. The first-order valence-electron chi connectivity index (χ1n) is 10.9. The van der Waals surface area contributed by atoms with Gasteiger partial charge in [-0.3, -0.25) is 4.79 Å². The van der Waals surface area contributed by atoms with Crippen LogP contribution in [0.3, 0.4) is 0 Å². The zero-order valence-electron chi connectivity index (χ0n) is 18.8. The summed E-state index contributed by atoms with van der Waals surface area (Å²) < 4.78 is 3.45. The van der Waals surface area contributed by atoms with Crippen LogP contribution in [0.2, 0.25) is 0 Å². The minimum absolute atomic E-state index is 0.111. The van der Waals surface area contributed by atoms with Gasteiger partial charge in [0.25, 0.3) is 5.56 Å². The summed E-state index contributed by atoms with van der Waals surface area (Å²) in [5.74, 6) is 1.11. The van der Waals surface area contributed by atoms with Crippen LogP contribution < -0.4 is 16.2 Å². The molecule has 164 valence electrons. The Kier molecular flexibility index (Phi) is 4.82. The molecule has 0 bridgehead atoms. The maximum Gasteiger partial charge on any atom is 0.278 e.